The lowest BCUT2D eigenvalue weighted by atomic mass is 9.82. The number of aliphatic hydroxyl groups is 1. The first-order valence-corrected chi connectivity index (χ1v) is 21.8. The van der Waals surface area contributed by atoms with E-state index in [4.69, 9.17) is 4.74 Å². The number of amides is 2. The molecule has 2 aliphatic heterocycles. The molecule has 3 N–H and O–H groups in total. The molecule has 5 atom stereocenters. The highest BCUT2D eigenvalue weighted by atomic mass is 28.4. The molecule has 8 rings (SSSR count). The second-order valence-electron chi connectivity index (χ2n) is 15.3. The maximum atomic E-state index is 16.4. The molecule has 0 saturated carbocycles. The summed E-state index contributed by atoms with van der Waals surface area (Å²) < 4.78 is 25.1. The van der Waals surface area contributed by atoms with Crippen molar-refractivity contribution in [2.75, 3.05) is 16.8 Å². The molecule has 6 aromatic rings. The Bertz CT molecular complexity index is 2340. The van der Waals surface area contributed by atoms with Crippen molar-refractivity contribution in [3.8, 4) is 0 Å². The fraction of sp³-hybridized carbons (Fsp3) is 0.302. The van der Waals surface area contributed by atoms with Gasteiger partial charge in [-0.2, -0.15) is 0 Å². The lowest BCUT2D eigenvalue weighted by Crippen LogP contribution is -2.45. The molecule has 4 heterocycles. The summed E-state index contributed by atoms with van der Waals surface area (Å²) in [5.41, 5.74) is 4.64. The fourth-order valence-corrected chi connectivity index (χ4v) is 11.5. The Morgan fingerprint density at radius 3 is 2.60 bits per heavy atom. The molecule has 10 nitrogen and oxygen atoms in total. The van der Waals surface area contributed by atoms with Gasteiger partial charge in [-0.1, -0.05) is 91.0 Å². The van der Waals surface area contributed by atoms with Crippen molar-refractivity contribution in [2.24, 2.45) is 5.92 Å². The Kier molecular flexibility index (Phi) is 9.74. The van der Waals surface area contributed by atoms with Crippen molar-refractivity contribution in [1.82, 2.24) is 20.0 Å². The molecular formula is C43H45FN6O4Si. The quantitative estimate of drug-likeness (QED) is 0.0879. The number of hydrogen-bond acceptors (Lipinski definition) is 6. The number of anilines is 2. The standard InChI is InChI=1S/C43H45FN6O4Si/c1-28-41(55(2,3)44)39(20-21-49-26-37(47-48-49)34(27-51)30-13-5-4-6-14-30)54-43(28)35-17-8-10-19-38(35)50(42(43)53)25-29-12-11-15-32(22-29)46-40(52)23-31-24-45-36-18-9-7-16-33(31)36/h4-19,22,24,26,28,34,39,41,45,51H,20-21,23,25,27H2,1-3H3,(H,46,52)/t28-,34?,39+,41-,43+/m0/s1. The van der Waals surface area contributed by atoms with Crippen LogP contribution in [0.1, 0.15) is 47.2 Å². The molecule has 1 spiro atoms. The third-order valence-corrected chi connectivity index (χ3v) is 13.8. The highest BCUT2D eigenvalue weighted by Crippen LogP contribution is 2.60. The van der Waals surface area contributed by atoms with Gasteiger partial charge in [0, 0.05) is 52.6 Å². The maximum absolute atomic E-state index is 16.4. The SMILES string of the molecule is C[C@H]1[C@H]([Si](C)(C)F)[C@@H](CCn2cc(C(CO)c3ccccc3)nn2)O[C@]12C(=O)N(Cc1cccc(NC(=O)Cc3c[nH]c4ccccc34)c1)c1ccccc12. The molecule has 2 aliphatic rings. The third-order valence-electron chi connectivity index (χ3n) is 11.4. The molecule has 0 aliphatic carbocycles. The third kappa shape index (κ3) is 6.79. The van der Waals surface area contributed by atoms with Gasteiger partial charge >= 0.3 is 0 Å². The number of carbonyl (C=O) groups excluding carboxylic acids is 2. The van der Waals surface area contributed by atoms with Crippen molar-refractivity contribution < 1.29 is 23.5 Å². The van der Waals surface area contributed by atoms with Gasteiger partial charge in [-0.25, -0.2) is 0 Å². The molecule has 55 heavy (non-hydrogen) atoms. The number of nitrogens with zero attached hydrogens (tertiary/aromatic N) is 4. The van der Waals surface area contributed by atoms with Crippen LogP contribution < -0.4 is 10.2 Å². The highest BCUT2D eigenvalue weighted by molar-refractivity contribution is 6.72. The fourth-order valence-electron chi connectivity index (χ4n) is 8.91. The predicted octanol–water partition coefficient (Wildman–Crippen LogP) is 7.48. The number of halogens is 1. The molecule has 2 aromatic heterocycles. The van der Waals surface area contributed by atoms with E-state index in [1.54, 1.807) is 22.7 Å². The monoisotopic (exact) mass is 756 g/mol. The second kappa shape index (κ2) is 14.7. The zero-order valence-electron chi connectivity index (χ0n) is 31.2. The number of ether oxygens (including phenoxy) is 1. The van der Waals surface area contributed by atoms with Crippen molar-refractivity contribution in [3.63, 3.8) is 0 Å². The first-order chi connectivity index (χ1) is 26.6. The number of para-hydroxylation sites is 2. The molecule has 1 unspecified atom stereocenters. The number of H-pyrrole nitrogens is 1. The van der Waals surface area contributed by atoms with Gasteiger partial charge < -0.3 is 29.2 Å². The Morgan fingerprint density at radius 2 is 1.80 bits per heavy atom. The number of fused-ring (bicyclic) bond motifs is 3. The van der Waals surface area contributed by atoms with Crippen LogP contribution in [0.3, 0.4) is 0 Å². The second-order valence-corrected chi connectivity index (χ2v) is 19.1. The van der Waals surface area contributed by atoms with Gasteiger partial charge in [-0.15, -0.1) is 5.10 Å². The zero-order valence-corrected chi connectivity index (χ0v) is 32.2. The van der Waals surface area contributed by atoms with Gasteiger partial charge in [0.25, 0.3) is 5.91 Å². The molecule has 2 amide bonds. The molecule has 1 fully saturated rings. The molecule has 4 aromatic carbocycles. The van der Waals surface area contributed by atoms with Crippen LogP contribution in [-0.4, -0.2) is 58.0 Å². The summed E-state index contributed by atoms with van der Waals surface area (Å²) in [6.07, 6.45) is 3.81. The average Bonchev–Trinajstić information content (AvgIpc) is 3.94. The van der Waals surface area contributed by atoms with Crippen LogP contribution in [0.2, 0.25) is 18.6 Å². The Labute approximate surface area is 320 Å². The Balaban J connectivity index is 1.01. The van der Waals surface area contributed by atoms with Crippen LogP contribution >= 0.6 is 0 Å². The first kappa shape index (κ1) is 36.5. The zero-order chi connectivity index (χ0) is 38.3. The smallest absolute Gasteiger partial charge is 0.264 e. The number of nitrogens with one attached hydrogen (secondary N) is 2. The minimum atomic E-state index is -3.37. The lowest BCUT2D eigenvalue weighted by molar-refractivity contribution is -0.146. The summed E-state index contributed by atoms with van der Waals surface area (Å²) in [4.78, 5) is 33.0. The minimum absolute atomic E-state index is 0.110. The molecule has 12 heteroatoms. The summed E-state index contributed by atoms with van der Waals surface area (Å²) >= 11 is 0. The van der Waals surface area contributed by atoms with Gasteiger partial charge in [0.05, 0.1) is 43.0 Å². The largest absolute Gasteiger partial charge is 0.395 e. The van der Waals surface area contributed by atoms with E-state index in [1.807, 2.05) is 122 Å². The van der Waals surface area contributed by atoms with Crippen LogP contribution in [0.15, 0.2) is 116 Å². The number of aryl methyl sites for hydroxylation is 1. The van der Waals surface area contributed by atoms with Crippen LogP contribution in [0, 0.1) is 5.92 Å². The summed E-state index contributed by atoms with van der Waals surface area (Å²) in [5.74, 6) is -1.09. The minimum Gasteiger partial charge on any atom is -0.395 e. The number of carbonyl (C=O) groups is 2. The average molecular weight is 757 g/mol. The van der Waals surface area contributed by atoms with E-state index < -0.39 is 31.6 Å². The number of aromatic amines is 1. The van der Waals surface area contributed by atoms with E-state index in [1.165, 1.54) is 0 Å². The summed E-state index contributed by atoms with van der Waals surface area (Å²) in [6, 6.07) is 32.8. The van der Waals surface area contributed by atoms with Gasteiger partial charge in [0.1, 0.15) is 0 Å². The summed E-state index contributed by atoms with van der Waals surface area (Å²) in [5, 5.41) is 22.9. The number of benzene rings is 4. The first-order valence-electron chi connectivity index (χ1n) is 18.8. The molecular weight excluding hydrogens is 712 g/mol. The molecule has 282 valence electrons. The normalized spacial score (nSPS) is 21.4. The van der Waals surface area contributed by atoms with Gasteiger partial charge in [0.2, 0.25) is 14.3 Å². The van der Waals surface area contributed by atoms with Gasteiger partial charge in [0.15, 0.2) is 5.60 Å². The summed E-state index contributed by atoms with van der Waals surface area (Å²) in [7, 11) is -3.37. The molecule has 1 saturated heterocycles. The number of rotatable bonds is 12. The van der Waals surface area contributed by atoms with Crippen molar-refractivity contribution in [3.05, 3.63) is 143 Å². The van der Waals surface area contributed by atoms with Crippen molar-refractivity contribution >= 4 is 42.5 Å². The van der Waals surface area contributed by atoms with E-state index in [9.17, 15) is 14.7 Å². The number of aromatic nitrogens is 4. The topological polar surface area (TPSA) is 125 Å². The van der Waals surface area contributed by atoms with Gasteiger partial charge in [-0.3, -0.25) is 14.3 Å². The van der Waals surface area contributed by atoms with Crippen LogP contribution in [-0.2, 0) is 39.4 Å². The van der Waals surface area contributed by atoms with Gasteiger partial charge in [-0.05, 0) is 60.5 Å². The summed E-state index contributed by atoms with van der Waals surface area (Å²) in [6.45, 7) is 5.91. The number of hydrogen-bond donors (Lipinski definition) is 3. The maximum Gasteiger partial charge on any atom is 0.264 e. The van der Waals surface area contributed by atoms with Crippen molar-refractivity contribution in [1.29, 1.82) is 0 Å². The number of aliphatic hydroxyl groups excluding tert-OH is 1. The Morgan fingerprint density at radius 1 is 1.04 bits per heavy atom. The lowest BCUT2D eigenvalue weighted by Gasteiger charge is -2.31. The highest BCUT2D eigenvalue weighted by Gasteiger charge is 2.66. The van der Waals surface area contributed by atoms with E-state index in [2.05, 4.69) is 20.6 Å². The van der Waals surface area contributed by atoms with Crippen molar-refractivity contribution in [2.45, 2.75) is 69.1 Å². The van der Waals surface area contributed by atoms with Crippen LogP contribution in [0.25, 0.3) is 10.9 Å². The van der Waals surface area contributed by atoms with E-state index in [0.717, 1.165) is 38.8 Å². The Hall–Kier alpha value is -5.43. The van der Waals surface area contributed by atoms with E-state index in [0.29, 0.717) is 24.3 Å². The van der Waals surface area contributed by atoms with E-state index >= 15 is 4.11 Å². The van der Waals surface area contributed by atoms with Crippen LogP contribution in [0.4, 0.5) is 15.5 Å². The van der Waals surface area contributed by atoms with Crippen LogP contribution in [0.5, 0.6) is 0 Å². The molecule has 0 radical (unpaired) electrons. The predicted molar refractivity (Wildman–Crippen MR) is 213 cm³/mol. The van der Waals surface area contributed by atoms with E-state index in [-0.39, 0.29) is 37.3 Å². The molecule has 0 bridgehead atoms.